The van der Waals surface area contributed by atoms with Crippen LogP contribution in [0.1, 0.15) is 25.3 Å². The monoisotopic (exact) mass is 550 g/mol. The van der Waals surface area contributed by atoms with Gasteiger partial charge in [0.05, 0.1) is 6.04 Å². The minimum Gasteiger partial charge on any atom is -0.378 e. The number of sulfonamides is 1. The van der Waals surface area contributed by atoms with Crippen LogP contribution in [0.2, 0.25) is 0 Å². The van der Waals surface area contributed by atoms with Crippen LogP contribution >= 0.6 is 0 Å². The summed E-state index contributed by atoms with van der Waals surface area (Å²) in [6.45, 7) is -0.716. The smallest absolute Gasteiger partial charge is 0.350 e. The van der Waals surface area contributed by atoms with Gasteiger partial charge in [-0.1, -0.05) is 18.2 Å². The van der Waals surface area contributed by atoms with Gasteiger partial charge in [-0.2, -0.15) is 8.78 Å². The molecule has 1 heterocycles. The zero-order valence-electron chi connectivity index (χ0n) is 19.5. The fraction of sp³-hybridized carbons (Fsp3) is 0.458. The van der Waals surface area contributed by atoms with Crippen LogP contribution in [-0.2, 0) is 21.2 Å². The molecule has 4 rings (SSSR count). The van der Waals surface area contributed by atoms with Crippen LogP contribution in [0, 0.1) is 22.9 Å². The molecule has 3 atom stereocenters. The van der Waals surface area contributed by atoms with Crippen LogP contribution in [-0.4, -0.2) is 61.0 Å². The third-order valence-corrected chi connectivity index (χ3v) is 8.06. The van der Waals surface area contributed by atoms with E-state index in [0.29, 0.717) is 18.9 Å². The molecule has 37 heavy (non-hydrogen) atoms. The molecule has 1 aliphatic carbocycles. The second kappa shape index (κ2) is 9.59. The molecule has 2 aromatic carbocycles. The van der Waals surface area contributed by atoms with E-state index in [1.54, 1.807) is 0 Å². The Kier molecular flexibility index (Phi) is 7.10. The third-order valence-electron chi connectivity index (χ3n) is 7.01. The van der Waals surface area contributed by atoms with Gasteiger partial charge < -0.3 is 10.0 Å². The summed E-state index contributed by atoms with van der Waals surface area (Å²) in [5.74, 6) is -7.69. The fourth-order valence-corrected chi connectivity index (χ4v) is 5.78. The molecule has 1 aliphatic heterocycles. The van der Waals surface area contributed by atoms with E-state index in [-0.39, 0.29) is 23.2 Å². The van der Waals surface area contributed by atoms with Crippen molar-refractivity contribution >= 4 is 15.9 Å². The Morgan fingerprint density at radius 1 is 1.19 bits per heavy atom. The number of aliphatic hydroxyl groups is 1. The predicted molar refractivity (Wildman–Crippen MR) is 121 cm³/mol. The van der Waals surface area contributed by atoms with Gasteiger partial charge >= 0.3 is 5.76 Å². The third kappa shape index (κ3) is 5.21. The number of carbonyl (C=O) groups excluding carboxylic acids is 1. The Balaban J connectivity index is 1.77. The molecule has 1 amide bonds. The molecular weight excluding hydrogens is 526 g/mol. The Morgan fingerprint density at radius 2 is 1.81 bits per heavy atom. The molecule has 2 aromatic rings. The summed E-state index contributed by atoms with van der Waals surface area (Å²) < 4.78 is 109. The summed E-state index contributed by atoms with van der Waals surface area (Å²) in [6.07, 6.45) is 0.295. The molecule has 0 aromatic heterocycles. The van der Waals surface area contributed by atoms with Crippen molar-refractivity contribution in [2.24, 2.45) is 5.41 Å². The molecule has 0 radical (unpaired) electrons. The van der Waals surface area contributed by atoms with Crippen LogP contribution in [0.25, 0.3) is 11.1 Å². The summed E-state index contributed by atoms with van der Waals surface area (Å²) in [7, 11) is -5.13. The molecule has 1 saturated heterocycles. The number of benzene rings is 2. The van der Waals surface area contributed by atoms with E-state index >= 15 is 4.39 Å². The van der Waals surface area contributed by atoms with Crippen LogP contribution in [0.3, 0.4) is 0 Å². The number of likely N-dealkylation sites (tertiary alicyclic amines) is 1. The first-order chi connectivity index (χ1) is 17.2. The van der Waals surface area contributed by atoms with Crippen LogP contribution < -0.4 is 4.72 Å². The molecule has 6 nitrogen and oxygen atoms in total. The van der Waals surface area contributed by atoms with E-state index in [2.05, 4.69) is 0 Å². The number of halogens is 6. The normalized spacial score (nSPS) is 22.5. The molecule has 2 fully saturated rings. The lowest BCUT2D eigenvalue weighted by molar-refractivity contribution is -0.152. The minimum atomic E-state index is -5.13. The summed E-state index contributed by atoms with van der Waals surface area (Å²) in [5.41, 5.74) is -3.85. The number of carbonyl (C=O) groups is 1. The van der Waals surface area contributed by atoms with Gasteiger partial charge in [0.15, 0.2) is 5.60 Å². The lowest BCUT2D eigenvalue weighted by atomic mass is 9.91. The first kappa shape index (κ1) is 27.4. The van der Waals surface area contributed by atoms with Crippen molar-refractivity contribution in [2.75, 3.05) is 13.2 Å². The van der Waals surface area contributed by atoms with Crippen molar-refractivity contribution in [3.8, 4) is 11.1 Å². The molecule has 2 aliphatic rings. The highest BCUT2D eigenvalue weighted by atomic mass is 32.2. The number of rotatable bonds is 8. The molecule has 202 valence electrons. The van der Waals surface area contributed by atoms with Crippen LogP contribution in [0.15, 0.2) is 36.4 Å². The summed E-state index contributed by atoms with van der Waals surface area (Å²) in [5, 5.41) is 10.3. The Morgan fingerprint density at radius 3 is 2.35 bits per heavy atom. The number of alkyl halides is 3. The van der Waals surface area contributed by atoms with E-state index in [1.807, 2.05) is 4.72 Å². The van der Waals surface area contributed by atoms with Gasteiger partial charge in [-0.05, 0) is 49.4 Å². The fourth-order valence-electron chi connectivity index (χ4n) is 4.92. The molecule has 2 N–H and O–H groups in total. The van der Waals surface area contributed by atoms with Gasteiger partial charge in [0.1, 0.15) is 24.1 Å². The van der Waals surface area contributed by atoms with E-state index < -0.39 is 75.3 Å². The average Bonchev–Trinajstić information content (AvgIpc) is 3.54. The molecular formula is C24H24F6N2O4S. The molecule has 13 heteroatoms. The maximum Gasteiger partial charge on any atom is 0.350 e. The van der Waals surface area contributed by atoms with Crippen molar-refractivity contribution in [1.29, 1.82) is 0 Å². The maximum absolute atomic E-state index is 15.6. The highest BCUT2D eigenvalue weighted by Crippen LogP contribution is 2.56. The molecule has 1 saturated carbocycles. The summed E-state index contributed by atoms with van der Waals surface area (Å²) in [4.78, 5) is 14.0. The minimum absolute atomic E-state index is 0.108. The highest BCUT2D eigenvalue weighted by Gasteiger charge is 2.62. The SMILES string of the molecule is CC(O)(CF)C(=O)N1CC2(CC2)[C@H](NS(=O)(=O)C(F)F)[C@@H]1Cc1cccc(-c2cc(F)cc(F)c2)c1F. The number of hydrogen-bond donors (Lipinski definition) is 2. The molecule has 1 unspecified atom stereocenters. The van der Waals surface area contributed by atoms with E-state index in [9.17, 15) is 40.3 Å². The molecule has 0 bridgehead atoms. The zero-order valence-corrected chi connectivity index (χ0v) is 20.3. The van der Waals surface area contributed by atoms with Crippen LogP contribution in [0.5, 0.6) is 0 Å². The Labute approximate surface area is 209 Å². The van der Waals surface area contributed by atoms with Gasteiger partial charge in [0.2, 0.25) is 0 Å². The van der Waals surface area contributed by atoms with Crippen molar-refractivity contribution in [3.63, 3.8) is 0 Å². The van der Waals surface area contributed by atoms with Crippen molar-refractivity contribution < 1.29 is 44.7 Å². The first-order valence-corrected chi connectivity index (χ1v) is 12.9. The number of hydrogen-bond acceptors (Lipinski definition) is 4. The molecule has 1 spiro atoms. The maximum atomic E-state index is 15.6. The number of amides is 1. The van der Waals surface area contributed by atoms with E-state index in [0.717, 1.165) is 24.0 Å². The average molecular weight is 551 g/mol. The highest BCUT2D eigenvalue weighted by molar-refractivity contribution is 7.89. The lowest BCUT2D eigenvalue weighted by Gasteiger charge is -2.33. The van der Waals surface area contributed by atoms with Crippen LogP contribution in [0.4, 0.5) is 26.3 Å². The van der Waals surface area contributed by atoms with Gasteiger partial charge in [-0.3, -0.25) is 4.79 Å². The lowest BCUT2D eigenvalue weighted by Crippen LogP contribution is -2.55. The van der Waals surface area contributed by atoms with Crippen molar-refractivity contribution in [3.05, 3.63) is 59.4 Å². The predicted octanol–water partition coefficient (Wildman–Crippen LogP) is 3.54. The number of nitrogens with one attached hydrogen (secondary N) is 1. The van der Waals surface area contributed by atoms with Gasteiger partial charge in [0, 0.05) is 29.6 Å². The summed E-state index contributed by atoms with van der Waals surface area (Å²) >= 11 is 0. The topological polar surface area (TPSA) is 86.7 Å². The largest absolute Gasteiger partial charge is 0.378 e. The standard InChI is InChI=1S/C24H24F6N2O4S/c1-23(34,11-25)21(33)32-12-24(5-6-24)20(31-37(35,36)22(29)30)18(32)9-13-3-2-4-17(19(13)28)14-7-15(26)10-16(27)8-14/h2-4,7-8,10,18,20,22,31,34H,5-6,9,11-12H2,1H3/t18-,20+,23?/m0/s1. The van der Waals surface area contributed by atoms with E-state index in [1.165, 1.54) is 18.2 Å². The Bertz CT molecular complexity index is 1300. The van der Waals surface area contributed by atoms with Gasteiger partial charge in [-0.15, -0.1) is 0 Å². The quantitative estimate of drug-likeness (QED) is 0.493. The number of nitrogens with zero attached hydrogens (tertiary/aromatic N) is 1. The second-order valence-electron chi connectivity index (χ2n) is 9.81. The summed E-state index contributed by atoms with van der Waals surface area (Å²) in [6, 6.07) is 3.82. The van der Waals surface area contributed by atoms with E-state index in [4.69, 9.17) is 0 Å². The zero-order chi connectivity index (χ0) is 27.3. The first-order valence-electron chi connectivity index (χ1n) is 11.3. The van der Waals surface area contributed by atoms with Crippen molar-refractivity contribution in [1.82, 2.24) is 9.62 Å². The van der Waals surface area contributed by atoms with Crippen molar-refractivity contribution in [2.45, 2.75) is 49.6 Å². The van der Waals surface area contributed by atoms with Gasteiger partial charge in [0.25, 0.3) is 15.9 Å². The van der Waals surface area contributed by atoms with Gasteiger partial charge in [-0.25, -0.2) is 30.7 Å². The Hall–Kier alpha value is -2.64. The second-order valence-corrected chi connectivity index (χ2v) is 11.5.